The number of amides is 2. The topological polar surface area (TPSA) is 104 Å². The van der Waals surface area contributed by atoms with E-state index in [-0.39, 0.29) is 18.3 Å². The Hall–Kier alpha value is -1.31. The molecule has 17 heavy (non-hydrogen) atoms. The first-order valence-electron chi connectivity index (χ1n) is 5.29. The molecule has 1 fully saturated rings. The zero-order valence-corrected chi connectivity index (χ0v) is 10.4. The first-order valence-corrected chi connectivity index (χ1v) is 7.00. The van der Waals surface area contributed by atoms with Crippen LogP contribution in [0.25, 0.3) is 0 Å². The molecular formula is C9H16N2O5S. The van der Waals surface area contributed by atoms with E-state index in [0.717, 1.165) is 0 Å². The molecule has 1 heterocycles. The minimum Gasteiger partial charge on any atom is -0.481 e. The number of hydrogen-bond acceptors (Lipinski definition) is 4. The summed E-state index contributed by atoms with van der Waals surface area (Å²) in [4.78, 5) is 23.0. The van der Waals surface area contributed by atoms with Crippen molar-refractivity contribution in [2.45, 2.75) is 18.6 Å². The predicted molar refractivity (Wildman–Crippen MR) is 60.5 cm³/mol. The molecule has 0 aromatic heterocycles. The van der Waals surface area contributed by atoms with Gasteiger partial charge in [-0.05, 0) is 6.92 Å². The highest BCUT2D eigenvalue weighted by atomic mass is 32.2. The minimum absolute atomic E-state index is 0.109. The molecule has 0 saturated carbocycles. The highest BCUT2D eigenvalue weighted by Crippen LogP contribution is 2.08. The van der Waals surface area contributed by atoms with E-state index in [4.69, 9.17) is 5.11 Å². The number of carboxylic acids is 1. The highest BCUT2D eigenvalue weighted by molar-refractivity contribution is 7.92. The summed E-state index contributed by atoms with van der Waals surface area (Å²) in [6.45, 7) is 2.48. The molecule has 0 aromatic rings. The molecule has 2 amide bonds. The maximum Gasteiger partial charge on any atom is 0.317 e. The number of urea groups is 1. The van der Waals surface area contributed by atoms with Crippen molar-refractivity contribution in [1.29, 1.82) is 0 Å². The lowest BCUT2D eigenvalue weighted by Gasteiger charge is -2.16. The van der Waals surface area contributed by atoms with Gasteiger partial charge >= 0.3 is 12.0 Å². The Morgan fingerprint density at radius 3 is 2.71 bits per heavy atom. The van der Waals surface area contributed by atoms with E-state index < -0.39 is 27.5 Å². The summed E-state index contributed by atoms with van der Waals surface area (Å²) in [6, 6.07) is -0.272. The second kappa shape index (κ2) is 5.35. The third-order valence-electron chi connectivity index (χ3n) is 2.67. The Morgan fingerprint density at radius 2 is 2.24 bits per heavy atom. The van der Waals surface area contributed by atoms with Crippen molar-refractivity contribution in [2.75, 3.05) is 25.4 Å². The SMILES string of the molecule is CC(CC(=O)O)S(=O)(=O)CCN1CCNC1=O. The van der Waals surface area contributed by atoms with E-state index in [2.05, 4.69) is 5.32 Å². The molecule has 0 spiro atoms. The van der Waals surface area contributed by atoms with E-state index in [0.29, 0.717) is 13.1 Å². The largest absolute Gasteiger partial charge is 0.481 e. The van der Waals surface area contributed by atoms with Crippen LogP contribution in [-0.4, -0.2) is 61.1 Å². The van der Waals surface area contributed by atoms with Crippen LogP contribution in [0.15, 0.2) is 0 Å². The number of carbonyl (C=O) groups is 2. The first-order chi connectivity index (χ1) is 7.83. The average molecular weight is 264 g/mol. The smallest absolute Gasteiger partial charge is 0.317 e. The van der Waals surface area contributed by atoms with Crippen molar-refractivity contribution < 1.29 is 23.1 Å². The molecule has 98 valence electrons. The van der Waals surface area contributed by atoms with Crippen LogP contribution in [0.3, 0.4) is 0 Å². The quantitative estimate of drug-likeness (QED) is 0.659. The molecule has 1 rings (SSSR count). The van der Waals surface area contributed by atoms with Crippen LogP contribution in [0.4, 0.5) is 4.79 Å². The van der Waals surface area contributed by atoms with Gasteiger partial charge in [0.05, 0.1) is 17.4 Å². The maximum atomic E-state index is 11.7. The number of sulfone groups is 1. The molecule has 0 aliphatic carbocycles. The van der Waals surface area contributed by atoms with Crippen molar-refractivity contribution >= 4 is 21.8 Å². The average Bonchev–Trinajstić information content (AvgIpc) is 2.60. The van der Waals surface area contributed by atoms with Crippen LogP contribution < -0.4 is 5.32 Å². The van der Waals surface area contributed by atoms with E-state index in [1.54, 1.807) is 0 Å². The van der Waals surface area contributed by atoms with Gasteiger partial charge in [0.2, 0.25) is 0 Å². The van der Waals surface area contributed by atoms with E-state index in [1.165, 1.54) is 11.8 Å². The molecule has 2 N–H and O–H groups in total. The van der Waals surface area contributed by atoms with Gasteiger partial charge in [-0.3, -0.25) is 4.79 Å². The third kappa shape index (κ3) is 3.88. The lowest BCUT2D eigenvalue weighted by atomic mass is 10.3. The Balaban J connectivity index is 2.49. The zero-order chi connectivity index (χ0) is 13.1. The van der Waals surface area contributed by atoms with E-state index in [9.17, 15) is 18.0 Å². The fraction of sp³-hybridized carbons (Fsp3) is 0.778. The molecule has 1 unspecified atom stereocenters. The number of rotatable bonds is 6. The van der Waals surface area contributed by atoms with Crippen molar-refractivity contribution in [3.05, 3.63) is 0 Å². The molecule has 7 nitrogen and oxygen atoms in total. The third-order valence-corrected chi connectivity index (χ3v) is 4.81. The summed E-state index contributed by atoms with van der Waals surface area (Å²) >= 11 is 0. The van der Waals surface area contributed by atoms with Crippen LogP contribution in [-0.2, 0) is 14.6 Å². The van der Waals surface area contributed by atoms with E-state index >= 15 is 0 Å². The molecule has 0 bridgehead atoms. The lowest BCUT2D eigenvalue weighted by molar-refractivity contribution is -0.136. The Morgan fingerprint density at radius 1 is 1.59 bits per heavy atom. The van der Waals surface area contributed by atoms with Gasteiger partial charge in [-0.1, -0.05) is 0 Å². The standard InChI is InChI=1S/C9H16N2O5S/c1-7(6-8(12)13)17(15,16)5-4-11-3-2-10-9(11)14/h7H,2-6H2,1H3,(H,10,14)(H,12,13). The Labute approximate surface area is 99.7 Å². The second-order valence-corrected chi connectivity index (χ2v) is 6.53. The zero-order valence-electron chi connectivity index (χ0n) is 9.55. The molecule has 1 atom stereocenters. The van der Waals surface area contributed by atoms with Crippen LogP contribution in [0, 0.1) is 0 Å². The van der Waals surface area contributed by atoms with Gasteiger partial charge in [-0.2, -0.15) is 0 Å². The summed E-state index contributed by atoms with van der Waals surface area (Å²) in [5, 5.41) is 10.2. The van der Waals surface area contributed by atoms with Crippen molar-refractivity contribution in [1.82, 2.24) is 10.2 Å². The van der Waals surface area contributed by atoms with Crippen LogP contribution in [0.5, 0.6) is 0 Å². The molecular weight excluding hydrogens is 248 g/mol. The molecule has 1 aliphatic heterocycles. The van der Waals surface area contributed by atoms with Gasteiger partial charge in [0.25, 0.3) is 0 Å². The molecule has 1 saturated heterocycles. The molecule has 1 aliphatic rings. The number of aliphatic carboxylic acids is 1. The number of hydrogen-bond donors (Lipinski definition) is 2. The number of nitrogens with one attached hydrogen (secondary N) is 1. The van der Waals surface area contributed by atoms with Gasteiger partial charge < -0.3 is 15.3 Å². The summed E-state index contributed by atoms with van der Waals surface area (Å²) < 4.78 is 23.4. The van der Waals surface area contributed by atoms with E-state index in [1.807, 2.05) is 0 Å². The fourth-order valence-corrected chi connectivity index (χ4v) is 2.81. The van der Waals surface area contributed by atoms with Crippen LogP contribution in [0.2, 0.25) is 0 Å². The predicted octanol–water partition coefficient (Wildman–Crippen LogP) is -0.710. The summed E-state index contributed by atoms with van der Waals surface area (Å²) in [7, 11) is -3.47. The van der Waals surface area contributed by atoms with Gasteiger partial charge in [0.15, 0.2) is 9.84 Å². The normalized spacial score (nSPS) is 17.9. The summed E-state index contributed by atoms with van der Waals surface area (Å²) in [6.07, 6.45) is -0.408. The molecule has 0 radical (unpaired) electrons. The Bertz CT molecular complexity index is 406. The Kier molecular flexibility index (Phi) is 4.33. The van der Waals surface area contributed by atoms with Gasteiger partial charge in [0, 0.05) is 19.6 Å². The van der Waals surface area contributed by atoms with Crippen LogP contribution in [0.1, 0.15) is 13.3 Å². The summed E-state index contributed by atoms with van der Waals surface area (Å²) in [5.41, 5.74) is 0. The van der Waals surface area contributed by atoms with Gasteiger partial charge in [-0.15, -0.1) is 0 Å². The van der Waals surface area contributed by atoms with Crippen molar-refractivity contribution in [3.63, 3.8) is 0 Å². The van der Waals surface area contributed by atoms with Crippen LogP contribution >= 0.6 is 0 Å². The molecule has 8 heteroatoms. The highest BCUT2D eigenvalue weighted by Gasteiger charge is 2.26. The maximum absolute atomic E-state index is 11.7. The van der Waals surface area contributed by atoms with Crippen molar-refractivity contribution in [2.24, 2.45) is 0 Å². The van der Waals surface area contributed by atoms with Gasteiger partial charge in [-0.25, -0.2) is 13.2 Å². The number of carbonyl (C=O) groups excluding carboxylic acids is 1. The number of nitrogens with zero attached hydrogens (tertiary/aromatic N) is 1. The molecule has 0 aromatic carbocycles. The second-order valence-electron chi connectivity index (χ2n) is 3.99. The summed E-state index contributed by atoms with van der Waals surface area (Å²) in [5.74, 6) is -1.34. The van der Waals surface area contributed by atoms with Gasteiger partial charge in [0.1, 0.15) is 0 Å². The number of carboxylic acid groups (broad SMARTS) is 1. The fourth-order valence-electron chi connectivity index (χ4n) is 1.54. The lowest BCUT2D eigenvalue weighted by Crippen LogP contribution is -2.35. The minimum atomic E-state index is -3.47. The first kappa shape index (κ1) is 13.8. The van der Waals surface area contributed by atoms with Crippen molar-refractivity contribution in [3.8, 4) is 0 Å². The monoisotopic (exact) mass is 264 g/mol.